The van der Waals surface area contributed by atoms with E-state index in [0.717, 1.165) is 19.3 Å². The largest absolute Gasteiger partial charge is 0.480 e. The molecule has 10 nitrogen and oxygen atoms in total. The van der Waals surface area contributed by atoms with Crippen molar-refractivity contribution in [2.45, 2.75) is 70.0 Å². The molecule has 0 spiro atoms. The number of esters is 2. The summed E-state index contributed by atoms with van der Waals surface area (Å²) >= 11 is 0. The van der Waals surface area contributed by atoms with Gasteiger partial charge in [0.2, 0.25) is 0 Å². The summed E-state index contributed by atoms with van der Waals surface area (Å²) < 4.78 is 20.5. The second-order valence-corrected chi connectivity index (χ2v) is 8.92. The van der Waals surface area contributed by atoms with Crippen molar-refractivity contribution >= 4 is 23.9 Å². The minimum atomic E-state index is -1.49. The molecule has 4 fully saturated rings. The lowest BCUT2D eigenvalue weighted by atomic mass is 9.74. The highest BCUT2D eigenvalue weighted by molar-refractivity contribution is 5.98. The van der Waals surface area contributed by atoms with Gasteiger partial charge in [-0.25, -0.2) is 0 Å². The molecule has 2 N–H and O–H groups in total. The first-order valence-electron chi connectivity index (χ1n) is 11.4. The standard InChI is InChI=1S/C14H20O6.C8H12O4/c15-13(19-7-9-5-17-9)11-3-1-2-4-12(11)14(16)20-8-10-6-18-10;9-6(10)8(7(11)12)4-2-1-3-5-8/h9-12H,1-8H2;1-5H2,(H,9,10)(H,11,12). The molecule has 0 aromatic carbocycles. The highest BCUT2D eigenvalue weighted by atomic mass is 16.6. The van der Waals surface area contributed by atoms with E-state index < -0.39 is 17.4 Å². The van der Waals surface area contributed by atoms with Crippen molar-refractivity contribution in [3.8, 4) is 0 Å². The maximum absolute atomic E-state index is 12.1. The third-order valence-corrected chi connectivity index (χ3v) is 6.53. The Morgan fingerprint density at radius 3 is 1.44 bits per heavy atom. The average molecular weight is 456 g/mol. The second-order valence-electron chi connectivity index (χ2n) is 8.92. The van der Waals surface area contributed by atoms with Crippen LogP contribution in [-0.2, 0) is 38.1 Å². The molecule has 2 saturated carbocycles. The van der Waals surface area contributed by atoms with Crippen molar-refractivity contribution in [1.29, 1.82) is 0 Å². The van der Waals surface area contributed by atoms with Gasteiger partial charge in [0, 0.05) is 0 Å². The normalized spacial score (nSPS) is 30.1. The molecule has 0 amide bonds. The smallest absolute Gasteiger partial charge is 0.321 e. The zero-order valence-corrected chi connectivity index (χ0v) is 18.2. The van der Waals surface area contributed by atoms with Crippen molar-refractivity contribution in [2.75, 3.05) is 26.4 Å². The van der Waals surface area contributed by atoms with Gasteiger partial charge in [-0.05, 0) is 25.7 Å². The lowest BCUT2D eigenvalue weighted by Crippen LogP contribution is -2.40. The van der Waals surface area contributed by atoms with Crippen LogP contribution in [0.4, 0.5) is 0 Å². The molecule has 0 aromatic rings. The third-order valence-electron chi connectivity index (χ3n) is 6.53. The lowest BCUT2D eigenvalue weighted by molar-refractivity contribution is -0.167. The summed E-state index contributed by atoms with van der Waals surface area (Å²) in [7, 11) is 0. The van der Waals surface area contributed by atoms with Crippen LogP contribution in [0.2, 0.25) is 0 Å². The highest BCUT2D eigenvalue weighted by Crippen LogP contribution is 2.36. The summed E-state index contributed by atoms with van der Waals surface area (Å²) in [5, 5.41) is 17.6. The Bertz CT molecular complexity index is 639. The maximum Gasteiger partial charge on any atom is 0.321 e. The highest BCUT2D eigenvalue weighted by Gasteiger charge is 2.47. The number of epoxide rings is 2. The van der Waals surface area contributed by atoms with Gasteiger partial charge >= 0.3 is 23.9 Å². The SMILES string of the molecule is O=C(O)C1(C(=O)O)CCCCC1.O=C(OCC1CO1)C1CCCCC1C(=O)OCC1CO1. The fourth-order valence-corrected chi connectivity index (χ4v) is 4.26. The first-order chi connectivity index (χ1) is 15.3. The number of carbonyl (C=O) groups excluding carboxylic acids is 2. The number of hydrogen-bond donors (Lipinski definition) is 2. The summed E-state index contributed by atoms with van der Waals surface area (Å²) in [5.74, 6) is -3.68. The van der Waals surface area contributed by atoms with E-state index in [9.17, 15) is 19.2 Å². The van der Waals surface area contributed by atoms with Crippen LogP contribution in [0.15, 0.2) is 0 Å². The molecule has 2 aliphatic heterocycles. The maximum atomic E-state index is 12.1. The van der Waals surface area contributed by atoms with E-state index in [4.69, 9.17) is 29.2 Å². The van der Waals surface area contributed by atoms with E-state index in [0.29, 0.717) is 52.1 Å². The van der Waals surface area contributed by atoms with Crippen LogP contribution in [0, 0.1) is 17.3 Å². The summed E-state index contributed by atoms with van der Waals surface area (Å²) in [6, 6.07) is 0. The van der Waals surface area contributed by atoms with E-state index in [1.807, 2.05) is 0 Å². The van der Waals surface area contributed by atoms with Gasteiger partial charge in [-0.15, -0.1) is 0 Å². The molecule has 4 atom stereocenters. The van der Waals surface area contributed by atoms with Crippen LogP contribution in [0.1, 0.15) is 57.8 Å². The fourth-order valence-electron chi connectivity index (χ4n) is 4.26. The zero-order valence-electron chi connectivity index (χ0n) is 18.2. The van der Waals surface area contributed by atoms with Gasteiger partial charge in [-0.3, -0.25) is 19.2 Å². The molecule has 2 heterocycles. The van der Waals surface area contributed by atoms with Crippen LogP contribution in [0.25, 0.3) is 0 Å². The van der Waals surface area contributed by atoms with Gasteiger partial charge in [0.25, 0.3) is 0 Å². The molecule has 2 saturated heterocycles. The van der Waals surface area contributed by atoms with Gasteiger partial charge in [0.1, 0.15) is 25.4 Å². The number of rotatable bonds is 8. The summed E-state index contributed by atoms with van der Waals surface area (Å²) in [5.41, 5.74) is -1.49. The van der Waals surface area contributed by atoms with E-state index in [-0.39, 0.29) is 48.8 Å². The molecule has 0 bridgehead atoms. The van der Waals surface area contributed by atoms with Crippen molar-refractivity contribution < 1.29 is 48.3 Å². The fraction of sp³-hybridized carbons (Fsp3) is 0.818. The molecule has 4 rings (SSSR count). The third kappa shape index (κ3) is 6.65. The van der Waals surface area contributed by atoms with Crippen LogP contribution in [0.3, 0.4) is 0 Å². The predicted octanol–water partition coefficient (Wildman–Crippen LogP) is 1.78. The van der Waals surface area contributed by atoms with E-state index in [2.05, 4.69) is 0 Å². The molecule has 0 aromatic heterocycles. The van der Waals surface area contributed by atoms with Crippen LogP contribution in [0.5, 0.6) is 0 Å². The van der Waals surface area contributed by atoms with E-state index >= 15 is 0 Å². The number of carboxylic acid groups (broad SMARTS) is 2. The molecule has 0 radical (unpaired) electrons. The summed E-state index contributed by atoms with van der Waals surface area (Å²) in [6.07, 6.45) is 6.33. The van der Waals surface area contributed by atoms with Crippen molar-refractivity contribution in [3.63, 3.8) is 0 Å². The Labute approximate surface area is 186 Å². The Morgan fingerprint density at radius 2 is 1.12 bits per heavy atom. The van der Waals surface area contributed by atoms with Gasteiger partial charge in [0.05, 0.1) is 25.0 Å². The minimum Gasteiger partial charge on any atom is -0.480 e. The van der Waals surface area contributed by atoms with Gasteiger partial charge in [-0.2, -0.15) is 0 Å². The number of ether oxygens (including phenoxy) is 4. The Kier molecular flexibility index (Phi) is 8.47. The van der Waals surface area contributed by atoms with E-state index in [1.54, 1.807) is 0 Å². The molecular formula is C22H32O10. The minimum absolute atomic E-state index is 0.0555. The summed E-state index contributed by atoms with van der Waals surface area (Å²) in [6.45, 7) is 1.91. The van der Waals surface area contributed by atoms with Crippen LogP contribution in [-0.4, -0.2) is 72.7 Å². The molecule has 32 heavy (non-hydrogen) atoms. The molecule has 4 unspecified atom stereocenters. The molecule has 4 aliphatic rings. The van der Waals surface area contributed by atoms with Gasteiger partial charge in [-0.1, -0.05) is 32.1 Å². The Balaban J connectivity index is 0.000000207. The predicted molar refractivity (Wildman–Crippen MR) is 108 cm³/mol. The average Bonchev–Trinajstić information content (AvgIpc) is 3.71. The quantitative estimate of drug-likeness (QED) is 0.314. The molecular weight excluding hydrogens is 424 g/mol. The first-order valence-corrected chi connectivity index (χ1v) is 11.4. The molecule has 2 aliphatic carbocycles. The number of carboxylic acids is 2. The zero-order chi connectivity index (χ0) is 23.1. The van der Waals surface area contributed by atoms with Crippen LogP contribution >= 0.6 is 0 Å². The topological polar surface area (TPSA) is 152 Å². The molecule has 180 valence electrons. The first kappa shape index (κ1) is 24.4. The monoisotopic (exact) mass is 456 g/mol. The van der Waals surface area contributed by atoms with Gasteiger partial charge < -0.3 is 29.2 Å². The van der Waals surface area contributed by atoms with Crippen molar-refractivity contribution in [1.82, 2.24) is 0 Å². The summed E-state index contributed by atoms with van der Waals surface area (Å²) in [4.78, 5) is 45.6. The second kappa shape index (κ2) is 11.1. The van der Waals surface area contributed by atoms with Gasteiger partial charge in [0.15, 0.2) is 5.41 Å². The Morgan fingerprint density at radius 1 is 0.719 bits per heavy atom. The van der Waals surface area contributed by atoms with Crippen LogP contribution < -0.4 is 0 Å². The number of aliphatic carboxylic acids is 2. The van der Waals surface area contributed by atoms with Crippen molar-refractivity contribution in [3.05, 3.63) is 0 Å². The number of hydrogen-bond acceptors (Lipinski definition) is 8. The molecule has 10 heteroatoms. The lowest BCUT2D eigenvalue weighted by Gasteiger charge is -2.28. The van der Waals surface area contributed by atoms with E-state index in [1.165, 1.54) is 0 Å². The Hall–Kier alpha value is -2.20. The number of carbonyl (C=O) groups is 4. The van der Waals surface area contributed by atoms with Crippen molar-refractivity contribution in [2.24, 2.45) is 17.3 Å².